The molecule has 0 saturated carbocycles. The zero-order valence-electron chi connectivity index (χ0n) is 8.41. The Labute approximate surface area is 98.5 Å². The van der Waals surface area contributed by atoms with Crippen molar-refractivity contribution in [3.63, 3.8) is 0 Å². The van der Waals surface area contributed by atoms with Crippen LogP contribution in [0.15, 0.2) is 35.7 Å². The fourth-order valence-corrected chi connectivity index (χ4v) is 2.61. The normalized spacial score (nSPS) is 12.7. The zero-order chi connectivity index (χ0) is 10.8. The van der Waals surface area contributed by atoms with Crippen LogP contribution >= 0.6 is 22.9 Å². The minimum Gasteiger partial charge on any atom is -0.324 e. The average molecular weight is 238 g/mol. The van der Waals surface area contributed by atoms with Crippen molar-refractivity contribution in [3.8, 4) is 10.4 Å². The van der Waals surface area contributed by atoms with Crippen LogP contribution in [0.1, 0.15) is 18.5 Å². The summed E-state index contributed by atoms with van der Waals surface area (Å²) in [5, 5.41) is 2.81. The van der Waals surface area contributed by atoms with E-state index in [0.29, 0.717) is 0 Å². The largest absolute Gasteiger partial charge is 0.324 e. The van der Waals surface area contributed by atoms with Crippen LogP contribution in [0.4, 0.5) is 0 Å². The smallest absolute Gasteiger partial charge is 0.0592 e. The Hall–Kier alpha value is -0.830. The van der Waals surface area contributed by atoms with Gasteiger partial charge in [0, 0.05) is 6.04 Å². The molecular weight excluding hydrogens is 226 g/mol. The summed E-state index contributed by atoms with van der Waals surface area (Å²) in [6.45, 7) is 1.98. The Morgan fingerprint density at radius 2 is 1.87 bits per heavy atom. The molecule has 2 N–H and O–H groups in total. The van der Waals surface area contributed by atoms with Gasteiger partial charge in [0.15, 0.2) is 0 Å². The third-order valence-corrected chi connectivity index (χ3v) is 3.71. The van der Waals surface area contributed by atoms with Crippen LogP contribution in [-0.4, -0.2) is 0 Å². The molecule has 0 aliphatic heterocycles. The van der Waals surface area contributed by atoms with Crippen molar-refractivity contribution in [1.82, 2.24) is 0 Å². The second-order valence-corrected chi connectivity index (χ2v) is 4.83. The van der Waals surface area contributed by atoms with Gasteiger partial charge in [-0.05, 0) is 29.5 Å². The quantitative estimate of drug-likeness (QED) is 0.837. The van der Waals surface area contributed by atoms with E-state index < -0.39 is 0 Å². The van der Waals surface area contributed by atoms with Gasteiger partial charge >= 0.3 is 0 Å². The van der Waals surface area contributed by atoms with Gasteiger partial charge in [-0.15, -0.1) is 11.3 Å². The average Bonchev–Trinajstić information content (AvgIpc) is 2.65. The molecule has 2 rings (SSSR count). The Balaban J connectivity index is 2.36. The van der Waals surface area contributed by atoms with Crippen molar-refractivity contribution < 1.29 is 0 Å². The summed E-state index contributed by atoms with van der Waals surface area (Å²) in [5.74, 6) is 0. The van der Waals surface area contributed by atoms with Crippen LogP contribution in [0.2, 0.25) is 5.02 Å². The van der Waals surface area contributed by atoms with E-state index >= 15 is 0 Å². The molecule has 1 atom stereocenters. The van der Waals surface area contributed by atoms with Gasteiger partial charge in [-0.2, -0.15) is 0 Å². The summed E-state index contributed by atoms with van der Waals surface area (Å²) in [5.41, 5.74) is 8.09. The van der Waals surface area contributed by atoms with E-state index in [1.807, 2.05) is 18.4 Å². The highest BCUT2D eigenvalue weighted by Gasteiger charge is 2.05. The van der Waals surface area contributed by atoms with E-state index in [1.54, 1.807) is 11.3 Å². The van der Waals surface area contributed by atoms with E-state index in [2.05, 4.69) is 24.3 Å². The lowest BCUT2D eigenvalue weighted by atomic mass is 10.1. The molecule has 1 aromatic heterocycles. The molecule has 1 heterocycles. The molecule has 0 fully saturated rings. The van der Waals surface area contributed by atoms with Crippen LogP contribution in [0.3, 0.4) is 0 Å². The van der Waals surface area contributed by atoms with Gasteiger partial charge in [0.25, 0.3) is 0 Å². The zero-order valence-corrected chi connectivity index (χ0v) is 9.98. The number of hydrogen-bond donors (Lipinski definition) is 1. The minimum absolute atomic E-state index is 0.0813. The van der Waals surface area contributed by atoms with Gasteiger partial charge in [0.2, 0.25) is 0 Å². The first-order valence-corrected chi connectivity index (χ1v) is 6.03. The molecule has 78 valence electrons. The first-order valence-electron chi connectivity index (χ1n) is 4.77. The fourth-order valence-electron chi connectivity index (χ4n) is 1.44. The first kappa shape index (κ1) is 10.7. The highest BCUT2D eigenvalue weighted by molar-refractivity contribution is 7.14. The van der Waals surface area contributed by atoms with Crippen LogP contribution in [-0.2, 0) is 0 Å². The third kappa shape index (κ3) is 2.23. The Kier molecular flexibility index (Phi) is 3.10. The number of nitrogens with two attached hydrogens (primary N) is 1. The summed E-state index contributed by atoms with van der Waals surface area (Å²) in [4.78, 5) is 1.12. The highest BCUT2D eigenvalue weighted by Crippen LogP contribution is 2.33. The van der Waals surface area contributed by atoms with Crippen molar-refractivity contribution in [2.45, 2.75) is 13.0 Å². The molecule has 0 radical (unpaired) electrons. The number of thiophene rings is 1. The second-order valence-electron chi connectivity index (χ2n) is 3.51. The van der Waals surface area contributed by atoms with Crippen molar-refractivity contribution in [1.29, 1.82) is 0 Å². The first-order chi connectivity index (χ1) is 7.18. The number of halogens is 1. The SMILES string of the molecule is CC(N)c1ccc(-c2sccc2Cl)cc1. The summed E-state index contributed by atoms with van der Waals surface area (Å²) in [6.07, 6.45) is 0. The molecule has 0 bridgehead atoms. The molecular formula is C12H12ClNS. The Bertz CT molecular complexity index is 445. The van der Waals surface area contributed by atoms with Gasteiger partial charge in [-0.25, -0.2) is 0 Å². The summed E-state index contributed by atoms with van der Waals surface area (Å²) < 4.78 is 0. The van der Waals surface area contributed by atoms with E-state index in [9.17, 15) is 0 Å². The maximum absolute atomic E-state index is 6.06. The Morgan fingerprint density at radius 3 is 2.33 bits per heavy atom. The van der Waals surface area contributed by atoms with Crippen molar-refractivity contribution in [2.24, 2.45) is 5.73 Å². The lowest BCUT2D eigenvalue weighted by molar-refractivity contribution is 0.818. The molecule has 0 saturated heterocycles. The maximum atomic E-state index is 6.06. The van der Waals surface area contributed by atoms with Crippen molar-refractivity contribution in [3.05, 3.63) is 46.3 Å². The van der Waals surface area contributed by atoms with Crippen LogP contribution in [0, 0.1) is 0 Å². The third-order valence-electron chi connectivity index (χ3n) is 2.32. The van der Waals surface area contributed by atoms with E-state index in [-0.39, 0.29) is 6.04 Å². The minimum atomic E-state index is 0.0813. The van der Waals surface area contributed by atoms with Crippen molar-refractivity contribution >= 4 is 22.9 Å². The molecule has 15 heavy (non-hydrogen) atoms. The van der Waals surface area contributed by atoms with Gasteiger partial charge < -0.3 is 5.73 Å². The maximum Gasteiger partial charge on any atom is 0.0592 e. The molecule has 0 aliphatic carbocycles. The van der Waals surface area contributed by atoms with Crippen molar-refractivity contribution in [2.75, 3.05) is 0 Å². The lowest BCUT2D eigenvalue weighted by Gasteiger charge is -2.06. The predicted octanol–water partition coefficient (Wildman–Crippen LogP) is 4.09. The van der Waals surface area contributed by atoms with E-state index in [1.165, 1.54) is 0 Å². The topological polar surface area (TPSA) is 26.0 Å². The summed E-state index contributed by atoms with van der Waals surface area (Å²) in [7, 11) is 0. The van der Waals surface area contributed by atoms with Gasteiger partial charge in [-0.3, -0.25) is 0 Å². The van der Waals surface area contributed by atoms with Gasteiger partial charge in [0.05, 0.1) is 9.90 Å². The van der Waals surface area contributed by atoms with Crippen LogP contribution in [0.25, 0.3) is 10.4 Å². The molecule has 0 aliphatic rings. The van der Waals surface area contributed by atoms with E-state index in [4.69, 9.17) is 17.3 Å². The molecule has 1 aromatic carbocycles. The number of benzene rings is 1. The molecule has 2 aromatic rings. The molecule has 0 amide bonds. The van der Waals surface area contributed by atoms with Crippen LogP contribution in [0.5, 0.6) is 0 Å². The molecule has 0 spiro atoms. The highest BCUT2D eigenvalue weighted by atomic mass is 35.5. The Morgan fingerprint density at radius 1 is 1.20 bits per heavy atom. The molecule has 3 heteroatoms. The van der Waals surface area contributed by atoms with Crippen LogP contribution < -0.4 is 5.73 Å². The summed E-state index contributed by atoms with van der Waals surface area (Å²) >= 11 is 7.72. The van der Waals surface area contributed by atoms with Gasteiger partial charge in [-0.1, -0.05) is 35.9 Å². The molecule has 1 nitrogen and oxygen atoms in total. The predicted molar refractivity (Wildman–Crippen MR) is 67.4 cm³/mol. The number of hydrogen-bond acceptors (Lipinski definition) is 2. The monoisotopic (exact) mass is 237 g/mol. The summed E-state index contributed by atoms with van der Waals surface area (Å²) in [6, 6.07) is 10.2. The van der Waals surface area contributed by atoms with E-state index in [0.717, 1.165) is 21.0 Å². The van der Waals surface area contributed by atoms with Gasteiger partial charge in [0.1, 0.15) is 0 Å². The lowest BCUT2D eigenvalue weighted by Crippen LogP contribution is -2.04. The molecule has 1 unspecified atom stereocenters. The fraction of sp³-hybridized carbons (Fsp3) is 0.167. The second kappa shape index (κ2) is 4.35. The standard InChI is InChI=1S/C12H12ClNS/c1-8(14)9-2-4-10(5-3-9)12-11(13)6-7-15-12/h2-8H,14H2,1H3. The number of rotatable bonds is 2.